The lowest BCUT2D eigenvalue weighted by atomic mass is 9.80. The molecule has 0 unspecified atom stereocenters. The Bertz CT molecular complexity index is 538. The molecule has 0 bridgehead atoms. The van der Waals surface area contributed by atoms with E-state index in [2.05, 4.69) is 5.38 Å². The molecular formula is C14H16N2OS. The predicted octanol–water partition coefficient (Wildman–Crippen LogP) is 3.42. The van der Waals surface area contributed by atoms with Gasteiger partial charge in [0, 0.05) is 23.7 Å². The van der Waals surface area contributed by atoms with Gasteiger partial charge in [0.1, 0.15) is 10.6 Å². The number of thiazole rings is 1. The van der Waals surface area contributed by atoms with E-state index < -0.39 is 0 Å². The maximum absolute atomic E-state index is 5.69. The first-order valence-corrected chi connectivity index (χ1v) is 6.98. The van der Waals surface area contributed by atoms with Crippen LogP contribution in [0.1, 0.15) is 24.3 Å². The van der Waals surface area contributed by atoms with Crippen LogP contribution in [0.3, 0.4) is 0 Å². The highest BCUT2D eigenvalue weighted by Gasteiger charge is 2.41. The van der Waals surface area contributed by atoms with Gasteiger partial charge in [-0.05, 0) is 31.4 Å². The molecule has 0 saturated heterocycles. The largest absolute Gasteiger partial charge is 0.399 e. The molecule has 18 heavy (non-hydrogen) atoms. The van der Waals surface area contributed by atoms with Crippen molar-refractivity contribution in [1.29, 1.82) is 0 Å². The Balaban J connectivity index is 1.91. The Morgan fingerprint density at radius 3 is 2.56 bits per heavy atom. The standard InChI is InChI=1S/C14H16N2OS/c1-17-14(7-2-8-14)13-16-12(9-18-13)10-3-5-11(15)6-4-10/h3-6,9H,2,7-8,15H2,1H3. The molecule has 0 radical (unpaired) electrons. The molecule has 1 aliphatic carbocycles. The number of rotatable bonds is 3. The molecule has 0 aliphatic heterocycles. The molecule has 0 spiro atoms. The van der Waals surface area contributed by atoms with Crippen LogP contribution in [0.25, 0.3) is 11.3 Å². The Kier molecular flexibility index (Phi) is 2.84. The van der Waals surface area contributed by atoms with Gasteiger partial charge in [-0.25, -0.2) is 4.98 Å². The minimum atomic E-state index is -0.114. The third kappa shape index (κ3) is 1.82. The van der Waals surface area contributed by atoms with E-state index in [-0.39, 0.29) is 5.60 Å². The number of nitrogens with zero attached hydrogens (tertiary/aromatic N) is 1. The van der Waals surface area contributed by atoms with Gasteiger partial charge in [-0.1, -0.05) is 12.1 Å². The molecule has 1 aliphatic rings. The number of hydrogen-bond acceptors (Lipinski definition) is 4. The molecule has 2 aromatic rings. The fourth-order valence-electron chi connectivity index (χ4n) is 2.27. The van der Waals surface area contributed by atoms with Crippen molar-refractivity contribution in [3.8, 4) is 11.3 Å². The van der Waals surface area contributed by atoms with E-state index in [0.717, 1.165) is 34.8 Å². The summed E-state index contributed by atoms with van der Waals surface area (Å²) in [5.74, 6) is 0. The summed E-state index contributed by atoms with van der Waals surface area (Å²) in [5.41, 5.74) is 8.48. The molecule has 0 amide bonds. The second kappa shape index (κ2) is 4.37. The topological polar surface area (TPSA) is 48.1 Å². The summed E-state index contributed by atoms with van der Waals surface area (Å²) < 4.78 is 5.66. The van der Waals surface area contributed by atoms with Gasteiger partial charge < -0.3 is 10.5 Å². The van der Waals surface area contributed by atoms with Crippen molar-refractivity contribution in [1.82, 2.24) is 4.98 Å². The molecule has 1 heterocycles. The third-order valence-corrected chi connectivity index (χ3v) is 4.68. The zero-order valence-corrected chi connectivity index (χ0v) is 11.2. The molecule has 1 aromatic carbocycles. The number of methoxy groups -OCH3 is 1. The van der Waals surface area contributed by atoms with Crippen LogP contribution in [0.4, 0.5) is 5.69 Å². The lowest BCUT2D eigenvalue weighted by Gasteiger charge is -2.38. The molecule has 2 N–H and O–H groups in total. The number of anilines is 1. The first-order chi connectivity index (χ1) is 8.73. The van der Waals surface area contributed by atoms with Crippen LogP contribution in [0.15, 0.2) is 29.6 Å². The monoisotopic (exact) mass is 260 g/mol. The van der Waals surface area contributed by atoms with Gasteiger partial charge in [0.2, 0.25) is 0 Å². The summed E-state index contributed by atoms with van der Waals surface area (Å²) in [7, 11) is 1.78. The van der Waals surface area contributed by atoms with E-state index in [9.17, 15) is 0 Å². The summed E-state index contributed by atoms with van der Waals surface area (Å²) in [4.78, 5) is 4.73. The summed E-state index contributed by atoms with van der Waals surface area (Å²) >= 11 is 1.69. The molecule has 4 heteroatoms. The average Bonchev–Trinajstić information content (AvgIpc) is 2.79. The van der Waals surface area contributed by atoms with Crippen molar-refractivity contribution in [2.24, 2.45) is 0 Å². The highest BCUT2D eigenvalue weighted by atomic mass is 32.1. The SMILES string of the molecule is COC1(c2nc(-c3ccc(N)cc3)cs2)CCC1. The maximum atomic E-state index is 5.69. The number of ether oxygens (including phenoxy) is 1. The smallest absolute Gasteiger partial charge is 0.125 e. The van der Waals surface area contributed by atoms with E-state index in [1.54, 1.807) is 18.4 Å². The molecule has 1 aromatic heterocycles. The number of hydrogen-bond donors (Lipinski definition) is 1. The number of benzene rings is 1. The minimum absolute atomic E-state index is 0.114. The number of aromatic nitrogens is 1. The van der Waals surface area contributed by atoms with Crippen molar-refractivity contribution in [2.45, 2.75) is 24.9 Å². The summed E-state index contributed by atoms with van der Waals surface area (Å²) in [6.07, 6.45) is 3.39. The summed E-state index contributed by atoms with van der Waals surface area (Å²) in [6, 6.07) is 7.83. The quantitative estimate of drug-likeness (QED) is 0.860. The van der Waals surface area contributed by atoms with E-state index in [4.69, 9.17) is 15.5 Å². The van der Waals surface area contributed by atoms with Crippen molar-refractivity contribution >= 4 is 17.0 Å². The molecule has 3 nitrogen and oxygen atoms in total. The summed E-state index contributed by atoms with van der Waals surface area (Å²) in [5, 5.41) is 3.20. The number of nitrogens with two attached hydrogens (primary N) is 1. The van der Waals surface area contributed by atoms with Crippen LogP contribution in [0.2, 0.25) is 0 Å². The normalized spacial score (nSPS) is 17.4. The fraction of sp³-hybridized carbons (Fsp3) is 0.357. The Labute approximate surface area is 111 Å². The second-order valence-electron chi connectivity index (χ2n) is 4.71. The second-order valence-corrected chi connectivity index (χ2v) is 5.57. The highest BCUT2D eigenvalue weighted by Crippen LogP contribution is 2.46. The lowest BCUT2D eigenvalue weighted by Crippen LogP contribution is -2.35. The molecule has 94 valence electrons. The van der Waals surface area contributed by atoms with E-state index in [1.807, 2.05) is 24.3 Å². The zero-order chi connectivity index (χ0) is 12.6. The van der Waals surface area contributed by atoms with Gasteiger partial charge in [0.25, 0.3) is 0 Å². The average molecular weight is 260 g/mol. The van der Waals surface area contributed by atoms with Crippen LogP contribution in [-0.4, -0.2) is 12.1 Å². The Morgan fingerprint density at radius 2 is 2.00 bits per heavy atom. The number of nitrogen functional groups attached to an aromatic ring is 1. The van der Waals surface area contributed by atoms with E-state index >= 15 is 0 Å². The Hall–Kier alpha value is -1.39. The van der Waals surface area contributed by atoms with Crippen LogP contribution in [0, 0.1) is 0 Å². The molecular weight excluding hydrogens is 244 g/mol. The highest BCUT2D eigenvalue weighted by molar-refractivity contribution is 7.10. The molecule has 0 atom stereocenters. The summed E-state index contributed by atoms with van der Waals surface area (Å²) in [6.45, 7) is 0. The fourth-order valence-corrected chi connectivity index (χ4v) is 3.34. The van der Waals surface area contributed by atoms with Crippen molar-refractivity contribution in [3.63, 3.8) is 0 Å². The third-order valence-electron chi connectivity index (χ3n) is 3.65. The van der Waals surface area contributed by atoms with Gasteiger partial charge in [-0.15, -0.1) is 11.3 Å². The molecule has 1 saturated carbocycles. The zero-order valence-electron chi connectivity index (χ0n) is 10.3. The van der Waals surface area contributed by atoms with Crippen molar-refractivity contribution < 1.29 is 4.74 Å². The van der Waals surface area contributed by atoms with Gasteiger partial charge in [-0.3, -0.25) is 0 Å². The van der Waals surface area contributed by atoms with Gasteiger partial charge in [0.05, 0.1) is 5.69 Å². The van der Waals surface area contributed by atoms with Crippen LogP contribution >= 0.6 is 11.3 Å². The minimum Gasteiger partial charge on any atom is -0.399 e. The van der Waals surface area contributed by atoms with Gasteiger partial charge >= 0.3 is 0 Å². The van der Waals surface area contributed by atoms with Gasteiger partial charge in [-0.2, -0.15) is 0 Å². The van der Waals surface area contributed by atoms with Gasteiger partial charge in [0.15, 0.2) is 0 Å². The maximum Gasteiger partial charge on any atom is 0.125 e. The first kappa shape index (κ1) is 11.7. The lowest BCUT2D eigenvalue weighted by molar-refractivity contribution is -0.0778. The van der Waals surface area contributed by atoms with Crippen molar-refractivity contribution in [2.75, 3.05) is 12.8 Å². The van der Waals surface area contributed by atoms with E-state index in [0.29, 0.717) is 0 Å². The van der Waals surface area contributed by atoms with Crippen molar-refractivity contribution in [3.05, 3.63) is 34.7 Å². The van der Waals surface area contributed by atoms with Crippen LogP contribution in [-0.2, 0) is 10.3 Å². The predicted molar refractivity (Wildman–Crippen MR) is 74.5 cm³/mol. The molecule has 3 rings (SSSR count). The van der Waals surface area contributed by atoms with Crippen LogP contribution < -0.4 is 5.73 Å². The molecule has 1 fully saturated rings. The Morgan fingerprint density at radius 1 is 1.28 bits per heavy atom. The van der Waals surface area contributed by atoms with E-state index in [1.165, 1.54) is 6.42 Å². The first-order valence-electron chi connectivity index (χ1n) is 6.11. The van der Waals surface area contributed by atoms with Crippen LogP contribution in [0.5, 0.6) is 0 Å².